The van der Waals surface area contributed by atoms with E-state index >= 15 is 8.78 Å². The lowest BCUT2D eigenvalue weighted by Crippen LogP contribution is -2.36. The number of aliphatic hydroxyl groups is 1. The number of halogens is 3. The van der Waals surface area contributed by atoms with Crippen molar-refractivity contribution in [1.29, 1.82) is 0 Å². The molecule has 0 fully saturated rings. The minimum atomic E-state index is -0.932. The van der Waals surface area contributed by atoms with E-state index in [4.69, 9.17) is 9.47 Å². The normalized spacial score (nSPS) is 16.9. The first-order valence-corrected chi connectivity index (χ1v) is 12.5. The van der Waals surface area contributed by atoms with Gasteiger partial charge in [0.05, 0.1) is 25.1 Å². The Labute approximate surface area is 228 Å². The first-order valence-electron chi connectivity index (χ1n) is 12.5. The van der Waals surface area contributed by atoms with E-state index < -0.39 is 28.6 Å². The highest BCUT2D eigenvalue weighted by Gasteiger charge is 2.29. The van der Waals surface area contributed by atoms with Gasteiger partial charge in [0.15, 0.2) is 23.3 Å². The maximum Gasteiger partial charge on any atom is 0.253 e. The number of hydrogen-bond donors (Lipinski definition) is 2. The van der Waals surface area contributed by atoms with E-state index in [1.807, 2.05) is 6.92 Å². The second kappa shape index (κ2) is 10.6. The molecule has 2 N–H and O–H groups in total. The molecule has 4 aromatic rings. The summed E-state index contributed by atoms with van der Waals surface area (Å²) < 4.78 is 56.1. The first kappa shape index (κ1) is 27.2. The maximum absolute atomic E-state index is 15.2. The predicted octanol–water partition coefficient (Wildman–Crippen LogP) is 5.11. The third kappa shape index (κ3) is 5.37. The molecular weight excluding hydrogens is 525 g/mol. The Hall–Kier alpha value is -4.38. The molecule has 3 heterocycles. The van der Waals surface area contributed by atoms with E-state index in [1.54, 1.807) is 20.3 Å². The zero-order valence-electron chi connectivity index (χ0n) is 22.1. The van der Waals surface area contributed by atoms with Gasteiger partial charge in [0.25, 0.3) is 5.91 Å². The van der Waals surface area contributed by atoms with E-state index in [1.165, 1.54) is 29.3 Å². The summed E-state index contributed by atoms with van der Waals surface area (Å²) in [5.74, 6) is -3.08. The van der Waals surface area contributed by atoms with Crippen molar-refractivity contribution in [2.24, 2.45) is 10.4 Å². The van der Waals surface area contributed by atoms with Crippen LogP contribution in [0.3, 0.4) is 0 Å². The number of ether oxygens (including phenoxy) is 2. The van der Waals surface area contributed by atoms with Crippen LogP contribution in [-0.4, -0.2) is 65.6 Å². The number of aromatic nitrogens is 2. The molecule has 1 atom stereocenters. The molecule has 0 saturated heterocycles. The fourth-order valence-electron chi connectivity index (χ4n) is 4.39. The standard InChI is InChI=1S/C29H27F3N4O4/c1-29(14-37)13-35-24(39-15-29)8-16-6-21(31)26(22(32)7-16)40-23-4-5-33-27-25(23)20(12-34-27)17-9-18(11-19(30)10-17)28(38)36(2)3/h4-7,9-12,37H,8,13-15H2,1-3H3,(H,33,34). The Morgan fingerprint density at radius 2 is 1.93 bits per heavy atom. The molecule has 8 nitrogen and oxygen atoms in total. The number of carbonyl (C=O) groups is 1. The molecule has 2 aromatic heterocycles. The van der Waals surface area contributed by atoms with Gasteiger partial charge >= 0.3 is 0 Å². The molecule has 1 unspecified atom stereocenters. The fourth-order valence-corrected chi connectivity index (χ4v) is 4.39. The molecule has 11 heteroatoms. The summed E-state index contributed by atoms with van der Waals surface area (Å²) >= 11 is 0. The summed E-state index contributed by atoms with van der Waals surface area (Å²) in [5, 5.41) is 9.81. The summed E-state index contributed by atoms with van der Waals surface area (Å²) in [4.78, 5) is 25.3. The minimum Gasteiger partial charge on any atom is -0.480 e. The van der Waals surface area contributed by atoms with Gasteiger partial charge in [-0.05, 0) is 47.5 Å². The van der Waals surface area contributed by atoms with Crippen LogP contribution in [0, 0.1) is 22.9 Å². The van der Waals surface area contributed by atoms with E-state index in [9.17, 15) is 14.3 Å². The fraction of sp³-hybridized carbons (Fsp3) is 0.276. The van der Waals surface area contributed by atoms with Gasteiger partial charge in [-0.25, -0.2) is 18.2 Å². The summed E-state index contributed by atoms with van der Waals surface area (Å²) in [7, 11) is 3.12. The second-order valence-electron chi connectivity index (χ2n) is 10.3. The van der Waals surface area contributed by atoms with Gasteiger partial charge in [0.1, 0.15) is 17.2 Å². The molecule has 0 aliphatic carbocycles. The Morgan fingerprint density at radius 1 is 1.18 bits per heavy atom. The van der Waals surface area contributed by atoms with E-state index in [0.717, 1.165) is 18.2 Å². The van der Waals surface area contributed by atoms with Crippen molar-refractivity contribution in [3.63, 3.8) is 0 Å². The number of aromatic amines is 1. The molecule has 5 rings (SSSR count). The lowest BCUT2D eigenvalue weighted by molar-refractivity contribution is 0.0690. The molecule has 208 valence electrons. The monoisotopic (exact) mass is 552 g/mol. The van der Waals surface area contributed by atoms with Gasteiger partial charge in [0, 0.05) is 49.5 Å². The number of nitrogens with zero attached hydrogens (tertiary/aromatic N) is 3. The third-order valence-corrected chi connectivity index (χ3v) is 6.63. The van der Waals surface area contributed by atoms with Crippen molar-refractivity contribution >= 4 is 22.8 Å². The number of amides is 1. The number of rotatable bonds is 7. The molecule has 0 spiro atoms. The van der Waals surface area contributed by atoms with Crippen molar-refractivity contribution in [1.82, 2.24) is 14.9 Å². The topological polar surface area (TPSA) is 100 Å². The molecule has 1 amide bonds. The van der Waals surface area contributed by atoms with Crippen LogP contribution in [-0.2, 0) is 11.2 Å². The summed E-state index contributed by atoms with van der Waals surface area (Å²) in [6, 6.07) is 7.65. The Bertz CT molecular complexity index is 1610. The quantitative estimate of drug-likeness (QED) is 0.332. The third-order valence-electron chi connectivity index (χ3n) is 6.63. The highest BCUT2D eigenvalue weighted by atomic mass is 19.1. The number of H-pyrrole nitrogens is 1. The summed E-state index contributed by atoms with van der Waals surface area (Å²) in [5.41, 5.74) is 1.09. The minimum absolute atomic E-state index is 0.0741. The van der Waals surface area contributed by atoms with Crippen LogP contribution in [0.2, 0.25) is 0 Å². The molecular formula is C29H27F3N4O4. The number of carbonyl (C=O) groups excluding carboxylic acids is 1. The van der Waals surface area contributed by atoms with Crippen LogP contribution in [0.1, 0.15) is 22.8 Å². The average molecular weight is 553 g/mol. The van der Waals surface area contributed by atoms with Gasteiger partial charge in [-0.1, -0.05) is 6.92 Å². The summed E-state index contributed by atoms with van der Waals surface area (Å²) in [6.45, 7) is 2.35. The molecule has 0 saturated carbocycles. The number of hydrogen-bond acceptors (Lipinski definition) is 6. The van der Waals surface area contributed by atoms with Crippen LogP contribution in [0.5, 0.6) is 11.5 Å². The summed E-state index contributed by atoms with van der Waals surface area (Å²) in [6.07, 6.45) is 3.05. The first-order chi connectivity index (χ1) is 19.1. The zero-order chi connectivity index (χ0) is 28.6. The van der Waals surface area contributed by atoms with E-state index in [2.05, 4.69) is 15.0 Å². The molecule has 1 aliphatic rings. The van der Waals surface area contributed by atoms with Gasteiger partial charge in [-0.2, -0.15) is 0 Å². The molecule has 2 aromatic carbocycles. The zero-order valence-corrected chi connectivity index (χ0v) is 22.1. The predicted molar refractivity (Wildman–Crippen MR) is 143 cm³/mol. The van der Waals surface area contributed by atoms with Gasteiger partial charge in [-0.3, -0.25) is 9.79 Å². The number of fused-ring (bicyclic) bond motifs is 1. The number of pyridine rings is 1. The van der Waals surface area contributed by atoms with Crippen molar-refractivity contribution in [2.75, 3.05) is 33.9 Å². The Morgan fingerprint density at radius 3 is 2.58 bits per heavy atom. The van der Waals surface area contributed by atoms with Gasteiger partial charge in [0.2, 0.25) is 0 Å². The van der Waals surface area contributed by atoms with Crippen LogP contribution in [0.4, 0.5) is 13.2 Å². The average Bonchev–Trinajstić information content (AvgIpc) is 3.36. The molecule has 1 aliphatic heterocycles. The maximum atomic E-state index is 15.2. The van der Waals surface area contributed by atoms with Crippen molar-refractivity contribution in [3.05, 3.63) is 77.4 Å². The number of aliphatic imine (C=N–C) groups is 1. The Kier molecular flexibility index (Phi) is 7.24. The van der Waals surface area contributed by atoms with E-state index in [0.29, 0.717) is 40.2 Å². The van der Waals surface area contributed by atoms with E-state index in [-0.39, 0.29) is 36.9 Å². The lowest BCUT2D eigenvalue weighted by atomic mass is 9.92. The lowest BCUT2D eigenvalue weighted by Gasteiger charge is -2.30. The largest absolute Gasteiger partial charge is 0.480 e. The van der Waals surface area contributed by atoms with Crippen molar-refractivity contribution in [3.8, 4) is 22.6 Å². The number of benzene rings is 2. The van der Waals surface area contributed by atoms with Gasteiger partial charge in [-0.15, -0.1) is 0 Å². The van der Waals surface area contributed by atoms with Crippen LogP contribution in [0.25, 0.3) is 22.2 Å². The van der Waals surface area contributed by atoms with Crippen molar-refractivity contribution < 1.29 is 32.5 Å². The molecule has 0 radical (unpaired) electrons. The van der Waals surface area contributed by atoms with Crippen molar-refractivity contribution in [2.45, 2.75) is 13.3 Å². The number of aliphatic hydroxyl groups excluding tert-OH is 1. The van der Waals surface area contributed by atoms with Gasteiger partial charge < -0.3 is 24.5 Å². The van der Waals surface area contributed by atoms with Crippen LogP contribution < -0.4 is 4.74 Å². The number of nitrogens with one attached hydrogen (secondary N) is 1. The van der Waals surface area contributed by atoms with Crippen LogP contribution in [0.15, 0.2) is 53.8 Å². The highest BCUT2D eigenvalue weighted by Crippen LogP contribution is 2.39. The second-order valence-corrected chi connectivity index (χ2v) is 10.3. The van der Waals surface area contributed by atoms with Crippen LogP contribution >= 0.6 is 0 Å². The highest BCUT2D eigenvalue weighted by molar-refractivity contribution is 6.00. The smallest absolute Gasteiger partial charge is 0.253 e. The molecule has 40 heavy (non-hydrogen) atoms. The SMILES string of the molecule is CN(C)C(=O)c1cc(F)cc(-c2c[nH]c3nccc(Oc4c(F)cc(CC5=NCC(C)(CO)CO5)cc4F)c23)c1. The Balaban J connectivity index is 1.47. The molecule has 0 bridgehead atoms.